The number of hydrogen-bond donors (Lipinski definition) is 0. The maximum absolute atomic E-state index is 8.49. The van der Waals surface area contributed by atoms with Crippen molar-refractivity contribution in [2.75, 3.05) is 0 Å². The first-order valence-corrected chi connectivity index (χ1v) is 13.0. The third-order valence-corrected chi connectivity index (χ3v) is 4.42. The summed E-state index contributed by atoms with van der Waals surface area (Å²) in [5.74, 6) is 1.54. The molecule has 21 heteroatoms. The van der Waals surface area contributed by atoms with E-state index in [4.69, 9.17) is 37.3 Å². The molecule has 0 aromatic carbocycles. The van der Waals surface area contributed by atoms with Crippen LogP contribution < -0.4 is 37.3 Å². The van der Waals surface area contributed by atoms with Crippen LogP contribution in [0.15, 0.2) is 97.6 Å². The van der Waals surface area contributed by atoms with Gasteiger partial charge in [0.2, 0.25) is 0 Å². The van der Waals surface area contributed by atoms with Gasteiger partial charge in [0.25, 0.3) is 0 Å². The number of halogens is 2. The Morgan fingerprint density at radius 1 is 0.465 bits per heavy atom. The van der Waals surface area contributed by atoms with E-state index in [0.717, 1.165) is 34.3 Å². The Kier molecular flexibility index (Phi) is 16.4. The van der Waals surface area contributed by atoms with Gasteiger partial charge in [0.15, 0.2) is 22.9 Å². The first-order valence-electron chi connectivity index (χ1n) is 10.6. The molecule has 18 nitrogen and oxygen atoms in total. The topological polar surface area (TPSA) is 337 Å². The van der Waals surface area contributed by atoms with Crippen LogP contribution in [0, 0.1) is 20.5 Å². The molecule has 0 unspecified atom stereocenters. The zero-order valence-electron chi connectivity index (χ0n) is 21.3. The fourth-order valence-electron chi connectivity index (χ4n) is 3.02. The molecule has 1 radical (unpaired) electrons. The summed E-state index contributed by atoms with van der Waals surface area (Å²) in [6, 6.07) is 23.1. The number of rotatable bonds is 2. The molecule has 0 aliphatic carbocycles. The van der Waals surface area contributed by atoms with Gasteiger partial charge < -0.3 is 11.0 Å². The third kappa shape index (κ3) is 13.8. The van der Waals surface area contributed by atoms with E-state index in [1.807, 2.05) is 94.0 Å². The zero-order valence-corrected chi connectivity index (χ0v) is 23.9. The summed E-state index contributed by atoms with van der Waals surface area (Å²) in [6.45, 7) is 0. The van der Waals surface area contributed by atoms with Crippen molar-refractivity contribution >= 4 is 11.3 Å². The Bertz CT molecular complexity index is 1490. The Hall–Kier alpha value is -3.77. The summed E-state index contributed by atoms with van der Waals surface area (Å²) in [5.41, 5.74) is 3.32. The summed E-state index contributed by atoms with van der Waals surface area (Å²) < 4.78 is 71.8. The van der Waals surface area contributed by atoms with Crippen LogP contribution in [0.2, 0.25) is 0 Å². The van der Waals surface area contributed by atoms with Gasteiger partial charge >= 0.3 is 16.8 Å². The molecule has 6 rings (SSSR count). The molecule has 6 aromatic rings. The molecular weight excluding hydrogens is 666 g/mol. The zero-order chi connectivity index (χ0) is 29.2. The maximum Gasteiger partial charge on any atom is 2.00 e. The van der Waals surface area contributed by atoms with Crippen LogP contribution in [-0.2, 0) is 27.7 Å². The van der Waals surface area contributed by atoms with Gasteiger partial charge in [-0.2, -0.15) is 0 Å². The molecule has 6 aromatic heterocycles. The van der Waals surface area contributed by atoms with Crippen LogP contribution in [0.5, 0.6) is 0 Å². The van der Waals surface area contributed by atoms with E-state index < -0.39 is 20.5 Å². The van der Waals surface area contributed by atoms with Crippen molar-refractivity contribution in [3.05, 3.63) is 97.6 Å². The number of fused-ring (bicyclic) bond motifs is 2. The van der Waals surface area contributed by atoms with E-state index in [2.05, 4.69) is 30.4 Å². The maximum atomic E-state index is 8.49. The van der Waals surface area contributed by atoms with Gasteiger partial charge in [-0.05, 0) is 48.5 Å². The Morgan fingerprint density at radius 3 is 1.09 bits per heavy atom. The van der Waals surface area contributed by atoms with Crippen LogP contribution in [-0.4, -0.2) is 39.2 Å². The van der Waals surface area contributed by atoms with Gasteiger partial charge in [-0.3, -0.25) is 18.8 Å². The first-order chi connectivity index (χ1) is 18.9. The molecular formula is C22H22Cl2CoN8O10+2. The second-order valence-corrected chi connectivity index (χ2v) is 8.60. The average molecular weight is 688 g/mol. The smallest absolute Gasteiger partial charge is 0.457 e. The fraction of sp³-hybridized carbons (Fsp3) is 0. The largest absolute Gasteiger partial charge is 2.00 e. The molecule has 0 bridgehead atoms. The molecule has 6 N–H and O–H groups in total. The molecule has 0 aliphatic rings. The molecule has 0 spiro atoms. The van der Waals surface area contributed by atoms with Crippen LogP contribution in [0.1, 0.15) is 0 Å². The molecule has 0 fully saturated rings. The number of hydrogen-bond acceptors (Lipinski definition) is 14. The fourth-order valence-corrected chi connectivity index (χ4v) is 3.02. The molecule has 0 saturated carbocycles. The van der Waals surface area contributed by atoms with Crippen molar-refractivity contribution in [1.29, 1.82) is 0 Å². The minimum Gasteiger partial charge on any atom is -0.457 e. The summed E-state index contributed by atoms with van der Waals surface area (Å²) in [5, 5.41) is 16.4. The number of aromatic nitrogens is 8. The molecule has 231 valence electrons. The van der Waals surface area contributed by atoms with Crippen LogP contribution in [0.3, 0.4) is 0 Å². The van der Waals surface area contributed by atoms with E-state index in [1.54, 1.807) is 12.4 Å². The summed E-state index contributed by atoms with van der Waals surface area (Å²) in [6.07, 6.45) is 7.36. The molecule has 43 heavy (non-hydrogen) atoms. The standard InChI is InChI=1S/2C11H8N4.2ClHO4.Co.2H2O/c2*1-3-7-12-9(5-1)11-14-13-10-6-2-4-8-15(10)11;2*2-1(3,4)5;;;/h2*1-8H;2*(H,2,3,4,5);;2*1H2/q;;;;+2;;. The Morgan fingerprint density at radius 2 is 0.791 bits per heavy atom. The van der Waals surface area contributed by atoms with Gasteiger partial charge in [0.05, 0.1) is 0 Å². The third-order valence-electron chi connectivity index (χ3n) is 4.42. The van der Waals surface area contributed by atoms with Crippen molar-refractivity contribution in [3.63, 3.8) is 0 Å². The Balaban J connectivity index is 0.000000598. The van der Waals surface area contributed by atoms with Crippen LogP contribution >= 0.6 is 0 Å². The summed E-state index contributed by atoms with van der Waals surface area (Å²) in [7, 11) is -9.89. The van der Waals surface area contributed by atoms with Crippen molar-refractivity contribution in [2.45, 2.75) is 0 Å². The normalized spacial score (nSPS) is 10.2. The van der Waals surface area contributed by atoms with E-state index >= 15 is 0 Å². The van der Waals surface area contributed by atoms with Crippen LogP contribution in [0.25, 0.3) is 34.3 Å². The van der Waals surface area contributed by atoms with Gasteiger partial charge in [-0.25, -0.2) is 37.3 Å². The Labute approximate surface area is 256 Å². The van der Waals surface area contributed by atoms with Crippen LogP contribution in [0.4, 0.5) is 0 Å². The van der Waals surface area contributed by atoms with Gasteiger partial charge in [-0.15, -0.1) is 40.9 Å². The molecule has 0 amide bonds. The molecule has 0 atom stereocenters. The summed E-state index contributed by atoms with van der Waals surface area (Å²) in [4.78, 5) is 8.50. The van der Waals surface area contributed by atoms with E-state index in [-0.39, 0.29) is 27.7 Å². The second kappa shape index (κ2) is 18.0. The van der Waals surface area contributed by atoms with Gasteiger partial charge in [-0.1, -0.05) is 24.3 Å². The van der Waals surface area contributed by atoms with Gasteiger partial charge in [0, 0.05) is 24.8 Å². The van der Waals surface area contributed by atoms with Crippen molar-refractivity contribution in [1.82, 2.24) is 39.2 Å². The molecule has 0 aliphatic heterocycles. The average Bonchev–Trinajstić information content (AvgIpc) is 3.53. The number of nitrogens with zero attached hydrogens (tertiary/aromatic N) is 8. The quantitative estimate of drug-likeness (QED) is 0.153. The first kappa shape index (κ1) is 39.2. The van der Waals surface area contributed by atoms with Crippen molar-refractivity contribution in [2.24, 2.45) is 0 Å². The molecule has 6 heterocycles. The van der Waals surface area contributed by atoms with E-state index in [9.17, 15) is 0 Å². The van der Waals surface area contributed by atoms with E-state index in [0.29, 0.717) is 0 Å². The van der Waals surface area contributed by atoms with E-state index in [1.165, 1.54) is 0 Å². The van der Waals surface area contributed by atoms with Gasteiger partial charge in [0.1, 0.15) is 11.4 Å². The molecule has 0 saturated heterocycles. The minimum atomic E-state index is -4.94. The predicted octanol–water partition coefficient (Wildman–Crippen LogP) is -7.78. The number of pyridine rings is 4. The predicted molar refractivity (Wildman–Crippen MR) is 122 cm³/mol. The second-order valence-electron chi connectivity index (χ2n) is 7.09. The van der Waals surface area contributed by atoms with Crippen molar-refractivity contribution < 1.29 is 85.5 Å². The minimum absolute atomic E-state index is 0. The SMILES string of the molecule is [Co+2].[O-][Cl+3]([O-])([O-])[O-].[O-][Cl+3]([O-])([O-])[O-].[OH3+].[OH3+].c1ccc(-c2nnc3ccccn23)nc1.c1ccc(-c2nnc3ccccn23)nc1. The monoisotopic (exact) mass is 687 g/mol. The van der Waals surface area contributed by atoms with Crippen molar-refractivity contribution in [3.8, 4) is 23.0 Å². The summed E-state index contributed by atoms with van der Waals surface area (Å²) >= 11 is 0.